The summed E-state index contributed by atoms with van der Waals surface area (Å²) in [4.78, 5) is 11.5. The van der Waals surface area contributed by atoms with Crippen molar-refractivity contribution in [3.05, 3.63) is 28.8 Å². The number of carbonyl (C=O) groups is 1. The summed E-state index contributed by atoms with van der Waals surface area (Å²) in [6.07, 6.45) is -4.94. The topological polar surface area (TPSA) is 87.0 Å². The number of benzene rings is 1. The maximum Gasteiger partial charge on any atom is 0.416 e. The van der Waals surface area contributed by atoms with Gasteiger partial charge < -0.3 is 5.21 Å². The van der Waals surface area contributed by atoms with E-state index in [1.807, 2.05) is 0 Å². The van der Waals surface area contributed by atoms with E-state index in [1.165, 1.54) is 13.8 Å². The van der Waals surface area contributed by atoms with E-state index in [-0.39, 0.29) is 12.1 Å². The fourth-order valence-corrected chi connectivity index (χ4v) is 3.75. The first kappa shape index (κ1) is 21.4. The fourth-order valence-electron chi connectivity index (χ4n) is 1.89. The molecule has 6 nitrogen and oxygen atoms in total. The minimum absolute atomic E-state index is 0.0928. The van der Waals surface area contributed by atoms with Crippen LogP contribution in [0, 0.1) is 0 Å². The van der Waals surface area contributed by atoms with Crippen molar-refractivity contribution in [1.29, 1.82) is 0 Å². The third-order valence-corrected chi connectivity index (χ3v) is 5.94. The number of halogens is 4. The van der Waals surface area contributed by atoms with Gasteiger partial charge in [0.2, 0.25) is 10.0 Å². The predicted molar refractivity (Wildman–Crippen MR) is 85.4 cm³/mol. The molecule has 0 amide bonds. The zero-order valence-electron chi connectivity index (χ0n) is 13.5. The molecule has 1 aromatic rings. The molecule has 0 bridgehead atoms. The van der Waals surface area contributed by atoms with Crippen molar-refractivity contribution in [3.63, 3.8) is 0 Å². The summed E-state index contributed by atoms with van der Waals surface area (Å²) in [7, 11) is -3.20. The number of ketones is 1. The van der Waals surface area contributed by atoms with Crippen molar-refractivity contribution in [1.82, 2.24) is 4.31 Å². The third kappa shape index (κ3) is 4.93. The molecule has 0 spiro atoms. The lowest BCUT2D eigenvalue weighted by atomic mass is 10.1. The van der Waals surface area contributed by atoms with Crippen LogP contribution in [0.4, 0.5) is 13.2 Å². The van der Waals surface area contributed by atoms with Crippen LogP contribution in [0.15, 0.2) is 28.3 Å². The monoisotopic (exact) mass is 400 g/mol. The van der Waals surface area contributed by atoms with Gasteiger partial charge in [-0.15, -0.1) is 0 Å². The summed E-state index contributed by atoms with van der Waals surface area (Å²) >= 11 is 5.71. The predicted octanol–water partition coefficient (Wildman–Crippen LogP) is 3.18. The first-order chi connectivity index (χ1) is 11.3. The Morgan fingerprint density at radius 3 is 2.40 bits per heavy atom. The lowest BCUT2D eigenvalue weighted by molar-refractivity contribution is -0.137. The lowest BCUT2D eigenvalue weighted by Gasteiger charge is -2.24. The number of nitrogens with zero attached hydrogens (tertiary/aromatic N) is 2. The van der Waals surface area contributed by atoms with Crippen LogP contribution >= 0.6 is 11.6 Å². The standard InChI is InChI=1S/C14H16ClF3N2O4S/c1-8(19-22)6-12(21)9(2)20(3)25(23,24)13-5-4-10(7-11(13)15)14(16,17)18/h4-5,7,9,22H,6H2,1-3H3/b19-8+. The summed E-state index contributed by atoms with van der Waals surface area (Å²) in [5.41, 5.74) is -0.992. The molecule has 0 aliphatic carbocycles. The number of hydrogen-bond donors (Lipinski definition) is 1. The van der Waals surface area contributed by atoms with E-state index in [1.54, 1.807) is 0 Å². The van der Waals surface area contributed by atoms with Crippen molar-refractivity contribution in [2.24, 2.45) is 5.16 Å². The van der Waals surface area contributed by atoms with Gasteiger partial charge in [0, 0.05) is 13.5 Å². The summed E-state index contributed by atoms with van der Waals surface area (Å²) in [6.45, 7) is 2.69. The smallest absolute Gasteiger partial charge is 0.411 e. The van der Waals surface area contributed by atoms with E-state index in [0.29, 0.717) is 16.4 Å². The van der Waals surface area contributed by atoms with Crippen LogP contribution in [-0.4, -0.2) is 42.5 Å². The quantitative estimate of drug-likeness (QED) is 0.451. The van der Waals surface area contributed by atoms with Crippen molar-refractivity contribution in [3.8, 4) is 0 Å². The Kier molecular flexibility index (Phi) is 6.60. The van der Waals surface area contributed by atoms with Gasteiger partial charge in [-0.25, -0.2) is 8.42 Å². The van der Waals surface area contributed by atoms with Gasteiger partial charge in [-0.2, -0.15) is 17.5 Å². The second-order valence-corrected chi connectivity index (χ2v) is 7.69. The number of carbonyl (C=O) groups excluding carboxylic acids is 1. The highest BCUT2D eigenvalue weighted by atomic mass is 35.5. The molecule has 1 N–H and O–H groups in total. The molecule has 11 heteroatoms. The van der Waals surface area contributed by atoms with E-state index in [0.717, 1.165) is 13.1 Å². The number of likely N-dealkylation sites (N-methyl/N-ethyl adjacent to an activating group) is 1. The maximum absolute atomic E-state index is 12.6. The van der Waals surface area contributed by atoms with Crippen molar-refractivity contribution >= 4 is 33.1 Å². The summed E-state index contributed by atoms with van der Waals surface area (Å²) in [5, 5.41) is 10.8. The normalized spacial score (nSPS) is 14.6. The molecule has 0 aliphatic rings. The fraction of sp³-hybridized carbons (Fsp3) is 0.429. The third-order valence-electron chi connectivity index (χ3n) is 3.53. The van der Waals surface area contributed by atoms with E-state index >= 15 is 0 Å². The Morgan fingerprint density at radius 2 is 1.96 bits per heavy atom. The first-order valence-electron chi connectivity index (χ1n) is 6.87. The molecule has 25 heavy (non-hydrogen) atoms. The van der Waals surface area contributed by atoms with Crippen LogP contribution in [0.25, 0.3) is 0 Å². The van der Waals surface area contributed by atoms with Crippen LogP contribution < -0.4 is 0 Å². The first-order valence-corrected chi connectivity index (χ1v) is 8.69. The molecule has 1 unspecified atom stereocenters. The summed E-state index contributed by atoms with van der Waals surface area (Å²) < 4.78 is 63.7. The molecule has 1 rings (SSSR count). The second-order valence-electron chi connectivity index (χ2n) is 5.32. The summed E-state index contributed by atoms with van der Waals surface area (Å²) in [6, 6.07) is 0.716. The number of hydrogen-bond acceptors (Lipinski definition) is 5. The van der Waals surface area contributed by atoms with E-state index in [4.69, 9.17) is 16.8 Å². The number of oxime groups is 1. The van der Waals surface area contributed by atoms with E-state index in [9.17, 15) is 26.4 Å². The average Bonchev–Trinajstić information content (AvgIpc) is 2.51. The number of rotatable bonds is 6. The van der Waals surface area contributed by atoms with Crippen LogP contribution in [-0.2, 0) is 21.0 Å². The molecule has 0 saturated heterocycles. The van der Waals surface area contributed by atoms with Crippen molar-refractivity contribution in [2.75, 3.05) is 7.05 Å². The molecule has 0 fully saturated rings. The van der Waals surface area contributed by atoms with Gasteiger partial charge >= 0.3 is 6.18 Å². The molecule has 0 saturated carbocycles. The highest BCUT2D eigenvalue weighted by Gasteiger charge is 2.34. The Morgan fingerprint density at radius 1 is 1.40 bits per heavy atom. The second kappa shape index (κ2) is 7.71. The summed E-state index contributed by atoms with van der Waals surface area (Å²) in [5.74, 6) is -0.551. The zero-order chi connectivity index (χ0) is 19.6. The van der Waals surface area contributed by atoms with Crippen molar-refractivity contribution in [2.45, 2.75) is 37.4 Å². The number of alkyl halides is 3. The molecule has 0 aromatic heterocycles. The maximum atomic E-state index is 12.6. The molecule has 0 aliphatic heterocycles. The largest absolute Gasteiger partial charge is 0.416 e. The zero-order valence-corrected chi connectivity index (χ0v) is 15.1. The van der Waals surface area contributed by atoms with Crippen LogP contribution in [0.1, 0.15) is 25.8 Å². The Labute approximate surface area is 147 Å². The molecule has 0 radical (unpaired) electrons. The van der Waals surface area contributed by atoms with Gasteiger partial charge in [0.1, 0.15) is 4.90 Å². The van der Waals surface area contributed by atoms with Gasteiger partial charge in [0.15, 0.2) is 5.78 Å². The Hall–Kier alpha value is -1.65. The molecular formula is C14H16ClF3N2O4S. The molecule has 0 heterocycles. The average molecular weight is 401 g/mol. The van der Waals surface area contributed by atoms with Gasteiger partial charge in [-0.05, 0) is 32.0 Å². The SMILES string of the molecule is C/C(CC(=O)C(C)N(C)S(=O)(=O)c1ccc(C(F)(F)F)cc1Cl)=N\O. The van der Waals surface area contributed by atoms with Gasteiger partial charge in [-0.1, -0.05) is 16.8 Å². The van der Waals surface area contributed by atoms with Crippen LogP contribution in [0.2, 0.25) is 5.02 Å². The van der Waals surface area contributed by atoms with Gasteiger partial charge in [0.25, 0.3) is 0 Å². The highest BCUT2D eigenvalue weighted by Crippen LogP contribution is 2.34. The van der Waals surface area contributed by atoms with E-state index < -0.39 is 43.5 Å². The Balaban J connectivity index is 3.18. The molecule has 140 valence electrons. The highest BCUT2D eigenvalue weighted by molar-refractivity contribution is 7.89. The van der Waals surface area contributed by atoms with Crippen molar-refractivity contribution < 1.29 is 31.6 Å². The van der Waals surface area contributed by atoms with Gasteiger partial charge in [0.05, 0.1) is 22.3 Å². The number of Topliss-reactive ketones (excluding diaryl/α,β-unsaturated/α-hetero) is 1. The molecule has 1 atom stereocenters. The van der Waals surface area contributed by atoms with Crippen LogP contribution in [0.3, 0.4) is 0 Å². The number of sulfonamides is 1. The van der Waals surface area contributed by atoms with Crippen LogP contribution in [0.5, 0.6) is 0 Å². The minimum Gasteiger partial charge on any atom is -0.411 e. The van der Waals surface area contributed by atoms with E-state index in [2.05, 4.69) is 5.16 Å². The van der Waals surface area contributed by atoms with Gasteiger partial charge in [-0.3, -0.25) is 4.79 Å². The molecular weight excluding hydrogens is 385 g/mol. The lowest BCUT2D eigenvalue weighted by Crippen LogP contribution is -2.41. The molecule has 1 aromatic carbocycles. The Bertz CT molecular complexity index is 794. The minimum atomic E-state index is -4.66.